The molecule has 2 aliphatic carbocycles. The maximum Gasteiger partial charge on any atom is 0.227 e. The number of rotatable bonds is 2. The minimum absolute atomic E-state index is 0.139. The second-order valence-electron chi connectivity index (χ2n) is 6.89. The van der Waals surface area contributed by atoms with Crippen LogP contribution in [0, 0.1) is 17.8 Å². The second-order valence-corrected chi connectivity index (χ2v) is 8.87. The molecule has 0 unspecified atom stereocenters. The third-order valence-electron chi connectivity index (χ3n) is 5.66. The first kappa shape index (κ1) is 14.0. The van der Waals surface area contributed by atoms with Gasteiger partial charge in [-0.1, -0.05) is 18.2 Å². The Balaban J connectivity index is 1.51. The molecule has 0 radical (unpaired) electrons. The van der Waals surface area contributed by atoms with Crippen molar-refractivity contribution < 1.29 is 4.79 Å². The summed E-state index contributed by atoms with van der Waals surface area (Å²) in [5.41, 5.74) is 1.36. The van der Waals surface area contributed by atoms with Crippen LogP contribution in [0.4, 0.5) is 0 Å². The molecule has 2 nitrogen and oxygen atoms in total. The molecular weight excluding hydrogens is 322 g/mol. The minimum atomic E-state index is 0.139. The highest BCUT2D eigenvalue weighted by Gasteiger charge is 2.44. The van der Waals surface area contributed by atoms with Gasteiger partial charge < -0.3 is 4.90 Å². The summed E-state index contributed by atoms with van der Waals surface area (Å²) in [6.07, 6.45) is 7.87. The fraction of sp³-hybridized carbons (Fsp3) is 0.421. The number of amides is 1. The van der Waals surface area contributed by atoms with Crippen LogP contribution >= 0.6 is 22.7 Å². The van der Waals surface area contributed by atoms with Crippen LogP contribution in [0.2, 0.25) is 0 Å². The number of carbonyl (C=O) groups is 1. The van der Waals surface area contributed by atoms with Gasteiger partial charge in [0.25, 0.3) is 0 Å². The zero-order valence-corrected chi connectivity index (χ0v) is 14.5. The van der Waals surface area contributed by atoms with Gasteiger partial charge in [0.1, 0.15) is 0 Å². The predicted octanol–water partition coefficient (Wildman–Crippen LogP) is 4.50. The number of carbonyl (C=O) groups excluding carboxylic acids is 1. The molecule has 1 amide bonds. The molecule has 118 valence electrons. The standard InChI is InChI=1S/C19H19NOS2/c21-19(15-11-12-3-4-13(15)10-12)20-7-5-16-14(6-9-23-16)18(20)17-2-1-8-22-17/h1-4,6,8-9,12-13,15,18H,5,7,10-11H2/t12-,13-,15+,18+/m0/s1. The number of nitrogens with zero attached hydrogens (tertiary/aromatic N) is 1. The molecule has 0 aromatic carbocycles. The highest BCUT2D eigenvalue weighted by molar-refractivity contribution is 7.10. The molecule has 1 fully saturated rings. The molecule has 3 heterocycles. The lowest BCUT2D eigenvalue weighted by Crippen LogP contribution is -2.43. The van der Waals surface area contributed by atoms with Crippen LogP contribution in [0.5, 0.6) is 0 Å². The smallest absolute Gasteiger partial charge is 0.227 e. The van der Waals surface area contributed by atoms with Crippen molar-refractivity contribution in [1.29, 1.82) is 0 Å². The SMILES string of the molecule is O=C([C@@H]1C[C@H]2C=C[C@H]1C2)N1CCc2sccc2[C@@H]1c1cccs1. The molecule has 4 heteroatoms. The summed E-state index contributed by atoms with van der Waals surface area (Å²) in [6.45, 7) is 0.868. The summed E-state index contributed by atoms with van der Waals surface area (Å²) in [7, 11) is 0. The normalized spacial score (nSPS) is 31.6. The van der Waals surface area contributed by atoms with Gasteiger partial charge in [-0.3, -0.25) is 4.79 Å². The summed E-state index contributed by atoms with van der Waals surface area (Å²) < 4.78 is 0. The zero-order chi connectivity index (χ0) is 15.4. The van der Waals surface area contributed by atoms with E-state index in [1.54, 1.807) is 11.3 Å². The number of fused-ring (bicyclic) bond motifs is 3. The van der Waals surface area contributed by atoms with E-state index in [2.05, 4.69) is 46.0 Å². The molecule has 1 saturated carbocycles. The second kappa shape index (κ2) is 5.32. The van der Waals surface area contributed by atoms with Gasteiger partial charge >= 0.3 is 0 Å². The van der Waals surface area contributed by atoms with Crippen molar-refractivity contribution in [1.82, 2.24) is 4.90 Å². The molecule has 0 saturated heterocycles. The van der Waals surface area contributed by atoms with Crippen molar-refractivity contribution in [3.8, 4) is 0 Å². The van der Waals surface area contributed by atoms with E-state index < -0.39 is 0 Å². The van der Waals surface area contributed by atoms with E-state index >= 15 is 0 Å². The van der Waals surface area contributed by atoms with Crippen molar-refractivity contribution in [2.75, 3.05) is 6.54 Å². The molecule has 4 atom stereocenters. The maximum absolute atomic E-state index is 13.3. The van der Waals surface area contributed by atoms with Crippen molar-refractivity contribution in [2.24, 2.45) is 17.8 Å². The van der Waals surface area contributed by atoms with Crippen LogP contribution in [-0.2, 0) is 11.2 Å². The third-order valence-corrected chi connectivity index (χ3v) is 7.58. The van der Waals surface area contributed by atoms with Gasteiger partial charge in [0.05, 0.1) is 6.04 Å². The average Bonchev–Trinajstić information content (AvgIpc) is 3.37. The predicted molar refractivity (Wildman–Crippen MR) is 94.7 cm³/mol. The summed E-state index contributed by atoms with van der Waals surface area (Å²) in [6, 6.07) is 6.65. The number of thiophene rings is 2. The Morgan fingerprint density at radius 1 is 1.13 bits per heavy atom. The zero-order valence-electron chi connectivity index (χ0n) is 12.9. The molecule has 2 aromatic heterocycles. The first-order valence-corrected chi connectivity index (χ1v) is 10.2. The topological polar surface area (TPSA) is 20.3 Å². The van der Waals surface area contributed by atoms with E-state index in [4.69, 9.17) is 0 Å². The fourth-order valence-electron chi connectivity index (χ4n) is 4.59. The molecule has 3 aliphatic rings. The number of hydrogen-bond acceptors (Lipinski definition) is 3. The molecule has 1 aliphatic heterocycles. The highest BCUT2D eigenvalue weighted by atomic mass is 32.1. The van der Waals surface area contributed by atoms with Crippen LogP contribution in [0.3, 0.4) is 0 Å². The van der Waals surface area contributed by atoms with Crippen molar-refractivity contribution in [2.45, 2.75) is 25.3 Å². The molecule has 2 bridgehead atoms. The lowest BCUT2D eigenvalue weighted by atomic mass is 9.89. The summed E-state index contributed by atoms with van der Waals surface area (Å²) in [5.74, 6) is 1.74. The van der Waals surface area contributed by atoms with E-state index in [0.29, 0.717) is 17.7 Å². The summed E-state index contributed by atoms with van der Waals surface area (Å²) in [4.78, 5) is 18.3. The molecular formula is C19H19NOS2. The summed E-state index contributed by atoms with van der Waals surface area (Å²) in [5, 5.41) is 4.30. The Kier molecular flexibility index (Phi) is 3.24. The Bertz CT molecular complexity index is 760. The largest absolute Gasteiger partial charge is 0.330 e. The Labute approximate surface area is 144 Å². The van der Waals surface area contributed by atoms with Crippen LogP contribution in [0.25, 0.3) is 0 Å². The Morgan fingerprint density at radius 3 is 2.83 bits per heavy atom. The fourth-order valence-corrected chi connectivity index (χ4v) is 6.34. The molecule has 0 spiro atoms. The Hall–Kier alpha value is -1.39. The number of allylic oxidation sites excluding steroid dienone is 2. The minimum Gasteiger partial charge on any atom is -0.330 e. The molecule has 23 heavy (non-hydrogen) atoms. The Morgan fingerprint density at radius 2 is 2.09 bits per heavy atom. The average molecular weight is 342 g/mol. The van der Waals surface area contributed by atoms with Crippen LogP contribution in [-0.4, -0.2) is 17.4 Å². The maximum atomic E-state index is 13.3. The van der Waals surface area contributed by atoms with Gasteiger partial charge in [-0.05, 0) is 59.6 Å². The molecule has 2 aromatic rings. The van der Waals surface area contributed by atoms with Gasteiger partial charge in [0, 0.05) is 22.2 Å². The van der Waals surface area contributed by atoms with Crippen molar-refractivity contribution in [3.63, 3.8) is 0 Å². The van der Waals surface area contributed by atoms with E-state index in [1.807, 2.05) is 11.3 Å². The van der Waals surface area contributed by atoms with E-state index in [-0.39, 0.29) is 12.0 Å². The number of hydrogen-bond donors (Lipinski definition) is 0. The van der Waals surface area contributed by atoms with Crippen LogP contribution < -0.4 is 0 Å². The monoisotopic (exact) mass is 341 g/mol. The summed E-state index contributed by atoms with van der Waals surface area (Å²) >= 11 is 3.61. The van der Waals surface area contributed by atoms with Gasteiger partial charge in [-0.25, -0.2) is 0 Å². The van der Waals surface area contributed by atoms with E-state index in [9.17, 15) is 4.79 Å². The van der Waals surface area contributed by atoms with Crippen LogP contribution in [0.1, 0.15) is 34.2 Å². The molecule has 0 N–H and O–H groups in total. The first-order valence-electron chi connectivity index (χ1n) is 8.40. The van der Waals surface area contributed by atoms with Gasteiger partial charge in [-0.2, -0.15) is 0 Å². The van der Waals surface area contributed by atoms with E-state index in [0.717, 1.165) is 19.4 Å². The lowest BCUT2D eigenvalue weighted by Gasteiger charge is -2.38. The molecule has 5 rings (SSSR count). The van der Waals surface area contributed by atoms with Gasteiger partial charge in [0.2, 0.25) is 5.91 Å². The highest BCUT2D eigenvalue weighted by Crippen LogP contribution is 2.47. The third kappa shape index (κ3) is 2.15. The quantitative estimate of drug-likeness (QED) is 0.737. The van der Waals surface area contributed by atoms with Gasteiger partial charge in [-0.15, -0.1) is 22.7 Å². The lowest BCUT2D eigenvalue weighted by molar-refractivity contribution is -0.138. The van der Waals surface area contributed by atoms with Crippen LogP contribution in [0.15, 0.2) is 41.1 Å². The van der Waals surface area contributed by atoms with Gasteiger partial charge in [0.15, 0.2) is 0 Å². The van der Waals surface area contributed by atoms with E-state index in [1.165, 1.54) is 21.7 Å². The van der Waals surface area contributed by atoms with Crippen molar-refractivity contribution >= 4 is 28.6 Å². The van der Waals surface area contributed by atoms with Crippen molar-refractivity contribution in [3.05, 3.63) is 56.4 Å². The first-order chi connectivity index (χ1) is 11.3.